The van der Waals surface area contributed by atoms with E-state index in [2.05, 4.69) is 10.6 Å². The highest BCUT2D eigenvalue weighted by Gasteiger charge is 2.26. The normalized spacial score (nSPS) is 19.9. The van der Waals surface area contributed by atoms with Gasteiger partial charge in [0.25, 0.3) is 0 Å². The number of amides is 2. The van der Waals surface area contributed by atoms with E-state index in [4.69, 9.17) is 21.4 Å². The number of benzene rings is 1. The molecule has 6 nitrogen and oxygen atoms in total. The lowest BCUT2D eigenvalue weighted by Gasteiger charge is -2.26. The van der Waals surface area contributed by atoms with Gasteiger partial charge in [-0.1, -0.05) is 11.6 Å². The Kier molecular flexibility index (Phi) is 7.85. The van der Waals surface area contributed by atoms with Crippen molar-refractivity contribution in [1.82, 2.24) is 10.6 Å². The van der Waals surface area contributed by atoms with E-state index >= 15 is 0 Å². The smallest absolute Gasteiger partial charge is 0.315 e. The summed E-state index contributed by atoms with van der Waals surface area (Å²) in [5.74, 6) is -0.211. The predicted octanol–water partition coefficient (Wildman–Crippen LogP) is 3.44. The molecule has 0 unspecified atom stereocenters. The Hall–Kier alpha value is -1.95. The molecule has 1 aromatic rings. The second-order valence-corrected chi connectivity index (χ2v) is 6.73. The lowest BCUT2D eigenvalue weighted by atomic mass is 9.86. The van der Waals surface area contributed by atoms with Gasteiger partial charge in [-0.3, -0.25) is 4.79 Å². The number of carboxylic acid groups (broad SMARTS) is 1. The van der Waals surface area contributed by atoms with Crippen LogP contribution in [0.25, 0.3) is 0 Å². The van der Waals surface area contributed by atoms with E-state index in [0.29, 0.717) is 31.0 Å². The van der Waals surface area contributed by atoms with Crippen LogP contribution in [0.1, 0.15) is 38.5 Å². The number of hydrogen-bond donors (Lipinski definition) is 3. The maximum atomic E-state index is 11.8. The van der Waals surface area contributed by atoms with Crippen molar-refractivity contribution in [3.05, 3.63) is 29.3 Å². The first-order valence-electron chi connectivity index (χ1n) is 8.70. The summed E-state index contributed by atoms with van der Waals surface area (Å²) < 4.78 is 5.58. The molecule has 25 heavy (non-hydrogen) atoms. The first kappa shape index (κ1) is 19.4. The number of aliphatic carboxylic acids is 1. The maximum Gasteiger partial charge on any atom is 0.315 e. The van der Waals surface area contributed by atoms with Gasteiger partial charge < -0.3 is 20.5 Å². The van der Waals surface area contributed by atoms with Gasteiger partial charge >= 0.3 is 12.0 Å². The van der Waals surface area contributed by atoms with Crippen molar-refractivity contribution >= 4 is 23.6 Å². The van der Waals surface area contributed by atoms with Crippen molar-refractivity contribution in [3.8, 4) is 5.75 Å². The Labute approximate surface area is 152 Å². The molecule has 0 aliphatic heterocycles. The number of ether oxygens (including phenoxy) is 1. The molecular formula is C18H25ClN2O4. The number of carbonyl (C=O) groups excluding carboxylic acids is 1. The Morgan fingerprint density at radius 1 is 1.12 bits per heavy atom. The molecule has 0 heterocycles. The van der Waals surface area contributed by atoms with Crippen LogP contribution in [0.5, 0.6) is 5.75 Å². The molecule has 1 fully saturated rings. The topological polar surface area (TPSA) is 87.7 Å². The van der Waals surface area contributed by atoms with E-state index in [0.717, 1.165) is 31.4 Å². The third-order valence-corrected chi connectivity index (χ3v) is 4.60. The lowest BCUT2D eigenvalue weighted by Crippen LogP contribution is -2.44. The van der Waals surface area contributed by atoms with Gasteiger partial charge in [-0.25, -0.2) is 4.79 Å². The summed E-state index contributed by atoms with van der Waals surface area (Å²) in [5, 5.41) is 15.4. The summed E-state index contributed by atoms with van der Waals surface area (Å²) in [5.41, 5.74) is 0. The standard InChI is InChI=1S/C18H25ClN2O4/c19-14-5-9-16(10-6-14)25-12-2-1-11-20-18(24)21-15-7-3-13(4-8-15)17(22)23/h5-6,9-10,13,15H,1-4,7-8,11-12H2,(H,22,23)(H2,20,21,24). The van der Waals surface area contributed by atoms with Crippen LogP contribution in [0.2, 0.25) is 5.02 Å². The zero-order valence-corrected chi connectivity index (χ0v) is 14.9. The third-order valence-electron chi connectivity index (χ3n) is 4.35. The number of carboxylic acids is 1. The van der Waals surface area contributed by atoms with Crippen molar-refractivity contribution in [3.63, 3.8) is 0 Å². The van der Waals surface area contributed by atoms with Crippen molar-refractivity contribution in [2.45, 2.75) is 44.6 Å². The summed E-state index contributed by atoms with van der Waals surface area (Å²) in [6.45, 7) is 1.17. The largest absolute Gasteiger partial charge is 0.494 e. The molecule has 2 rings (SSSR count). The quantitative estimate of drug-likeness (QED) is 0.613. The Balaban J connectivity index is 1.50. The van der Waals surface area contributed by atoms with Gasteiger partial charge in [-0.2, -0.15) is 0 Å². The minimum absolute atomic E-state index is 0.0730. The fourth-order valence-corrected chi connectivity index (χ4v) is 3.00. The lowest BCUT2D eigenvalue weighted by molar-refractivity contribution is -0.142. The third kappa shape index (κ3) is 7.22. The van der Waals surface area contributed by atoms with Gasteiger partial charge in [0.2, 0.25) is 0 Å². The van der Waals surface area contributed by atoms with Crippen LogP contribution in [0, 0.1) is 5.92 Å². The molecule has 0 atom stereocenters. The molecule has 1 saturated carbocycles. The molecule has 1 aromatic carbocycles. The van der Waals surface area contributed by atoms with Crippen LogP contribution in [0.3, 0.4) is 0 Å². The van der Waals surface area contributed by atoms with Crippen molar-refractivity contribution in [1.29, 1.82) is 0 Å². The molecular weight excluding hydrogens is 344 g/mol. The second kappa shape index (κ2) is 10.1. The monoisotopic (exact) mass is 368 g/mol. The highest BCUT2D eigenvalue weighted by Crippen LogP contribution is 2.24. The summed E-state index contributed by atoms with van der Waals surface area (Å²) in [4.78, 5) is 22.7. The number of halogens is 1. The second-order valence-electron chi connectivity index (χ2n) is 6.30. The van der Waals surface area contributed by atoms with Gasteiger partial charge in [0.1, 0.15) is 5.75 Å². The summed E-state index contributed by atoms with van der Waals surface area (Å²) >= 11 is 5.81. The van der Waals surface area contributed by atoms with Gasteiger partial charge in [0.05, 0.1) is 12.5 Å². The highest BCUT2D eigenvalue weighted by atomic mass is 35.5. The molecule has 1 aliphatic rings. The van der Waals surface area contributed by atoms with E-state index in [9.17, 15) is 9.59 Å². The maximum absolute atomic E-state index is 11.8. The Morgan fingerprint density at radius 3 is 2.44 bits per heavy atom. The van der Waals surface area contributed by atoms with Gasteiger partial charge in [-0.05, 0) is 62.8 Å². The molecule has 138 valence electrons. The van der Waals surface area contributed by atoms with E-state index < -0.39 is 5.97 Å². The van der Waals surface area contributed by atoms with E-state index in [-0.39, 0.29) is 18.0 Å². The predicted molar refractivity (Wildman–Crippen MR) is 96.1 cm³/mol. The van der Waals surface area contributed by atoms with Crippen molar-refractivity contribution in [2.24, 2.45) is 5.92 Å². The van der Waals surface area contributed by atoms with Crippen molar-refractivity contribution < 1.29 is 19.4 Å². The van der Waals surface area contributed by atoms with Gasteiger partial charge in [0, 0.05) is 17.6 Å². The van der Waals surface area contributed by atoms with Crippen LogP contribution in [0.15, 0.2) is 24.3 Å². The average molecular weight is 369 g/mol. The summed E-state index contributed by atoms with van der Waals surface area (Å²) in [6, 6.07) is 7.11. The van der Waals surface area contributed by atoms with Crippen molar-refractivity contribution in [2.75, 3.05) is 13.2 Å². The fourth-order valence-electron chi connectivity index (χ4n) is 2.87. The number of rotatable bonds is 8. The summed E-state index contributed by atoms with van der Waals surface area (Å²) in [7, 11) is 0. The zero-order chi connectivity index (χ0) is 18.1. The minimum Gasteiger partial charge on any atom is -0.494 e. The zero-order valence-electron chi connectivity index (χ0n) is 14.2. The van der Waals surface area contributed by atoms with Gasteiger partial charge in [0.15, 0.2) is 0 Å². The number of hydrogen-bond acceptors (Lipinski definition) is 3. The molecule has 0 radical (unpaired) electrons. The molecule has 0 bridgehead atoms. The average Bonchev–Trinajstić information content (AvgIpc) is 2.60. The number of unbranched alkanes of at least 4 members (excludes halogenated alkanes) is 1. The Bertz CT molecular complexity index is 557. The number of urea groups is 1. The molecule has 0 saturated heterocycles. The first-order valence-corrected chi connectivity index (χ1v) is 9.08. The minimum atomic E-state index is -0.733. The van der Waals surface area contributed by atoms with Crippen LogP contribution in [-0.2, 0) is 4.79 Å². The fraction of sp³-hybridized carbons (Fsp3) is 0.556. The van der Waals surface area contributed by atoms with Crippen LogP contribution in [0.4, 0.5) is 4.79 Å². The summed E-state index contributed by atoms with van der Waals surface area (Å²) in [6.07, 6.45) is 4.36. The van der Waals surface area contributed by atoms with Gasteiger partial charge in [-0.15, -0.1) is 0 Å². The molecule has 3 N–H and O–H groups in total. The van der Waals surface area contributed by atoms with Crippen LogP contribution in [-0.4, -0.2) is 36.3 Å². The number of carbonyl (C=O) groups is 2. The molecule has 0 aromatic heterocycles. The van der Waals surface area contributed by atoms with Crippen LogP contribution >= 0.6 is 11.6 Å². The molecule has 2 amide bonds. The molecule has 7 heteroatoms. The molecule has 1 aliphatic carbocycles. The number of nitrogens with one attached hydrogen (secondary N) is 2. The SMILES string of the molecule is O=C(NCCCCOc1ccc(Cl)cc1)NC1CCC(C(=O)O)CC1. The van der Waals surface area contributed by atoms with E-state index in [1.54, 1.807) is 12.1 Å². The van der Waals surface area contributed by atoms with Crippen LogP contribution < -0.4 is 15.4 Å². The first-order chi connectivity index (χ1) is 12.0. The van der Waals surface area contributed by atoms with E-state index in [1.165, 1.54) is 0 Å². The van der Waals surface area contributed by atoms with E-state index in [1.807, 2.05) is 12.1 Å². The highest BCUT2D eigenvalue weighted by molar-refractivity contribution is 6.30. The Morgan fingerprint density at radius 2 is 1.80 bits per heavy atom. The molecule has 0 spiro atoms.